The molecule has 0 amide bonds. The van der Waals surface area contributed by atoms with Crippen LogP contribution in [0.1, 0.15) is 15.9 Å². The highest BCUT2D eigenvalue weighted by Gasteiger charge is 2.10. The molecule has 2 aromatic carbocycles. The fraction of sp³-hybridized carbons (Fsp3) is 0. The third kappa shape index (κ3) is 2.92. The minimum Gasteiger partial charge on any atom is -0.478 e. The summed E-state index contributed by atoms with van der Waals surface area (Å²) >= 11 is 3.35. The first-order chi connectivity index (χ1) is 9.11. The second-order valence-corrected chi connectivity index (χ2v) is 4.64. The van der Waals surface area contributed by atoms with Gasteiger partial charge in [0.25, 0.3) is 0 Å². The van der Waals surface area contributed by atoms with Crippen LogP contribution < -0.4 is 5.32 Å². The molecule has 5 heteroatoms. The number of carbonyl (C=O) groups is 1. The first kappa shape index (κ1) is 13.1. The Hall–Kier alpha value is -2.32. The third-order valence-electron chi connectivity index (χ3n) is 2.52. The predicted molar refractivity (Wildman–Crippen MR) is 75.5 cm³/mol. The first-order valence-electron chi connectivity index (χ1n) is 5.41. The fourth-order valence-electron chi connectivity index (χ4n) is 1.61. The van der Waals surface area contributed by atoms with Crippen LogP contribution in [0.2, 0.25) is 0 Å². The molecule has 0 radical (unpaired) electrons. The summed E-state index contributed by atoms with van der Waals surface area (Å²) < 4.78 is 0.701. The van der Waals surface area contributed by atoms with E-state index in [1.807, 2.05) is 6.07 Å². The van der Waals surface area contributed by atoms with Crippen molar-refractivity contribution in [1.29, 1.82) is 5.26 Å². The van der Waals surface area contributed by atoms with E-state index < -0.39 is 5.97 Å². The molecule has 0 aromatic heterocycles. The highest BCUT2D eigenvalue weighted by molar-refractivity contribution is 9.10. The Morgan fingerprint density at radius 3 is 2.58 bits per heavy atom. The number of carboxylic acids is 1. The second kappa shape index (κ2) is 5.55. The molecule has 0 atom stereocenters. The van der Waals surface area contributed by atoms with Gasteiger partial charge in [-0.25, -0.2) is 4.79 Å². The number of hydrogen-bond donors (Lipinski definition) is 2. The van der Waals surface area contributed by atoms with Gasteiger partial charge >= 0.3 is 5.97 Å². The Labute approximate surface area is 118 Å². The largest absolute Gasteiger partial charge is 0.478 e. The molecule has 2 aromatic rings. The van der Waals surface area contributed by atoms with Crippen molar-refractivity contribution in [1.82, 2.24) is 0 Å². The van der Waals surface area contributed by atoms with E-state index in [1.165, 1.54) is 6.07 Å². The van der Waals surface area contributed by atoms with Gasteiger partial charge in [-0.05, 0) is 46.3 Å². The maximum absolute atomic E-state index is 11.1. The van der Waals surface area contributed by atoms with Gasteiger partial charge in [0.05, 0.1) is 28.6 Å². The SMILES string of the molecule is N#Cc1ccc(Nc2ccccc2C(=O)O)c(Br)c1. The number of nitrogens with zero attached hydrogens (tertiary/aromatic N) is 1. The Morgan fingerprint density at radius 1 is 1.21 bits per heavy atom. The van der Waals surface area contributed by atoms with Gasteiger partial charge in [0.15, 0.2) is 0 Å². The second-order valence-electron chi connectivity index (χ2n) is 3.78. The van der Waals surface area contributed by atoms with E-state index in [0.29, 0.717) is 21.4 Å². The number of anilines is 2. The summed E-state index contributed by atoms with van der Waals surface area (Å²) in [6.45, 7) is 0. The van der Waals surface area contributed by atoms with Crippen LogP contribution in [-0.4, -0.2) is 11.1 Å². The number of halogens is 1. The van der Waals surface area contributed by atoms with Crippen LogP contribution in [0.5, 0.6) is 0 Å². The van der Waals surface area contributed by atoms with Gasteiger partial charge in [0.2, 0.25) is 0 Å². The molecule has 0 saturated carbocycles. The summed E-state index contributed by atoms with van der Waals surface area (Å²) in [5.74, 6) is -0.993. The van der Waals surface area contributed by atoms with Crippen LogP contribution in [0, 0.1) is 11.3 Å². The Morgan fingerprint density at radius 2 is 1.95 bits per heavy atom. The lowest BCUT2D eigenvalue weighted by Gasteiger charge is -2.11. The van der Waals surface area contributed by atoms with E-state index in [-0.39, 0.29) is 5.56 Å². The monoisotopic (exact) mass is 316 g/mol. The summed E-state index contributed by atoms with van der Waals surface area (Å²) in [5.41, 5.74) is 1.93. The minimum absolute atomic E-state index is 0.193. The van der Waals surface area contributed by atoms with Gasteiger partial charge in [-0.3, -0.25) is 0 Å². The number of aromatic carboxylic acids is 1. The standard InChI is InChI=1S/C14H9BrN2O2/c15-11-7-9(8-16)5-6-13(11)17-12-4-2-1-3-10(12)14(18)19/h1-7,17H,(H,18,19). The number of nitriles is 1. The van der Waals surface area contributed by atoms with Crippen molar-refractivity contribution in [2.75, 3.05) is 5.32 Å². The van der Waals surface area contributed by atoms with Crippen molar-refractivity contribution < 1.29 is 9.90 Å². The quantitative estimate of drug-likeness (QED) is 0.904. The van der Waals surface area contributed by atoms with E-state index in [4.69, 9.17) is 10.4 Å². The maximum Gasteiger partial charge on any atom is 0.337 e. The average molecular weight is 317 g/mol. The number of rotatable bonds is 3. The minimum atomic E-state index is -0.993. The van der Waals surface area contributed by atoms with Crippen LogP contribution in [0.3, 0.4) is 0 Å². The van der Waals surface area contributed by atoms with Crippen molar-refractivity contribution in [2.24, 2.45) is 0 Å². The maximum atomic E-state index is 11.1. The molecule has 2 N–H and O–H groups in total. The van der Waals surface area contributed by atoms with Gasteiger partial charge in [0, 0.05) is 4.47 Å². The zero-order chi connectivity index (χ0) is 13.8. The van der Waals surface area contributed by atoms with E-state index in [0.717, 1.165) is 0 Å². The summed E-state index contributed by atoms with van der Waals surface area (Å²) in [6, 6.07) is 13.7. The molecule has 0 heterocycles. The van der Waals surface area contributed by atoms with E-state index in [9.17, 15) is 4.79 Å². The highest BCUT2D eigenvalue weighted by atomic mass is 79.9. The van der Waals surface area contributed by atoms with Crippen molar-refractivity contribution >= 4 is 33.3 Å². The van der Waals surface area contributed by atoms with Crippen molar-refractivity contribution in [3.05, 3.63) is 58.1 Å². The van der Waals surface area contributed by atoms with E-state index in [2.05, 4.69) is 21.2 Å². The molecule has 0 spiro atoms. The summed E-state index contributed by atoms with van der Waals surface area (Å²) in [5, 5.41) is 20.9. The third-order valence-corrected chi connectivity index (χ3v) is 3.18. The molecular weight excluding hydrogens is 308 g/mol. The molecule has 0 aliphatic heterocycles. The smallest absolute Gasteiger partial charge is 0.337 e. The first-order valence-corrected chi connectivity index (χ1v) is 6.20. The molecule has 0 aliphatic rings. The fourth-order valence-corrected chi connectivity index (χ4v) is 2.09. The Bertz CT molecular complexity index is 677. The molecular formula is C14H9BrN2O2. The Kier molecular flexibility index (Phi) is 3.83. The summed E-state index contributed by atoms with van der Waals surface area (Å²) in [7, 11) is 0. The average Bonchev–Trinajstić information content (AvgIpc) is 2.41. The molecule has 94 valence electrons. The normalized spacial score (nSPS) is 9.68. The zero-order valence-corrected chi connectivity index (χ0v) is 11.3. The van der Waals surface area contributed by atoms with E-state index in [1.54, 1.807) is 36.4 Å². The van der Waals surface area contributed by atoms with Gasteiger partial charge in [-0.1, -0.05) is 12.1 Å². The molecule has 0 aliphatic carbocycles. The molecule has 0 saturated heterocycles. The van der Waals surface area contributed by atoms with Gasteiger partial charge < -0.3 is 10.4 Å². The van der Waals surface area contributed by atoms with Crippen LogP contribution >= 0.6 is 15.9 Å². The lowest BCUT2D eigenvalue weighted by Crippen LogP contribution is -2.02. The highest BCUT2D eigenvalue weighted by Crippen LogP contribution is 2.28. The van der Waals surface area contributed by atoms with Crippen LogP contribution in [-0.2, 0) is 0 Å². The molecule has 19 heavy (non-hydrogen) atoms. The summed E-state index contributed by atoms with van der Waals surface area (Å²) in [6.07, 6.45) is 0. The van der Waals surface area contributed by atoms with Crippen LogP contribution in [0.25, 0.3) is 0 Å². The number of para-hydroxylation sites is 1. The summed E-state index contributed by atoms with van der Waals surface area (Å²) in [4.78, 5) is 11.1. The van der Waals surface area contributed by atoms with Crippen molar-refractivity contribution in [2.45, 2.75) is 0 Å². The van der Waals surface area contributed by atoms with Gasteiger partial charge in [-0.15, -0.1) is 0 Å². The molecule has 4 nitrogen and oxygen atoms in total. The van der Waals surface area contributed by atoms with Crippen molar-refractivity contribution in [3.63, 3.8) is 0 Å². The van der Waals surface area contributed by atoms with E-state index >= 15 is 0 Å². The molecule has 0 fully saturated rings. The predicted octanol–water partition coefficient (Wildman–Crippen LogP) is 3.76. The molecule has 2 rings (SSSR count). The lowest BCUT2D eigenvalue weighted by atomic mass is 10.1. The number of carboxylic acid groups (broad SMARTS) is 1. The zero-order valence-electron chi connectivity index (χ0n) is 9.72. The number of hydrogen-bond acceptors (Lipinski definition) is 3. The Balaban J connectivity index is 2.37. The van der Waals surface area contributed by atoms with Gasteiger partial charge in [-0.2, -0.15) is 5.26 Å². The lowest BCUT2D eigenvalue weighted by molar-refractivity contribution is 0.0698. The number of nitrogens with one attached hydrogen (secondary N) is 1. The van der Waals surface area contributed by atoms with Gasteiger partial charge in [0.1, 0.15) is 0 Å². The van der Waals surface area contributed by atoms with Crippen LogP contribution in [0.15, 0.2) is 46.9 Å². The van der Waals surface area contributed by atoms with Crippen molar-refractivity contribution in [3.8, 4) is 6.07 Å². The van der Waals surface area contributed by atoms with Crippen LogP contribution in [0.4, 0.5) is 11.4 Å². The topological polar surface area (TPSA) is 73.1 Å². The molecule has 0 unspecified atom stereocenters. The number of benzene rings is 2. The molecule has 0 bridgehead atoms.